The molecule has 26 heteroatoms. The quantitative estimate of drug-likeness (QED) is 0.0204. The van der Waals surface area contributed by atoms with Gasteiger partial charge in [-0.25, -0.2) is 4.79 Å². The minimum absolute atomic E-state index is 0.0329. The van der Waals surface area contributed by atoms with Crippen molar-refractivity contribution in [2.24, 2.45) is 40.9 Å². The number of piperidine rings is 1. The number of aliphatic hydroxyl groups is 1. The van der Waals surface area contributed by atoms with Gasteiger partial charge in [-0.15, -0.1) is 0 Å². The van der Waals surface area contributed by atoms with Crippen LogP contribution in [0, 0.1) is 40.9 Å². The number of anilines is 1. The number of aliphatic hydroxyl groups excluding tert-OH is 1. The molecule has 9 amide bonds. The molecule has 0 radical (unpaired) electrons. The largest absolute Gasteiger partial charge is 0.445 e. The number of carbonyl (C=O) groups is 9. The van der Waals surface area contributed by atoms with Gasteiger partial charge in [-0.3, -0.25) is 53.5 Å². The molecule has 0 saturated carbocycles. The maximum atomic E-state index is 15.0. The standard InChI is InChI=1S/C89H135F3N10O13/c1-18-61(11)78(71(113-16)55-74(104)101-53-35-41-70(101)80(114-17)62(12)81(106)93-63(13)79(105)65-36-26-23-27-37-65)98(14)86(111)76(59(7)8)97-84(109)77(60(9)10)99(15)87(112)115-56-64-43-45-67(46-44-64)94-82(107)69(40-34-51-100-49-31-25-32-50-100)95-83(108)75(58(5)6)96-72(89(90,91)92)42-30-24-33-52-102-73(103)54-68(85(102)110)88(19-2,48-47-57(3)4)66-38-28-21-20-22-29-39-66/h20-23,26-29,36-39,43-47,58-63,68-72,75-80,96,105H,18-19,24-25,30-35,40-42,48-56H2,1-17H3,(H,93,106)(H,94,107)(H,95,108)(H,97,109)/b21-20-,22-20?,28-21?,29-22-,38-28-,39-29?,66-38?,66-39+/t61-,62+,63+,68?,69-,70-,71+,72-,75-,76-,77-,78-,79+,80+,88?/m0/s1. The van der Waals surface area contributed by atoms with Crippen molar-refractivity contribution < 1.29 is 75.6 Å². The number of halogens is 3. The van der Waals surface area contributed by atoms with E-state index >= 15 is 13.2 Å². The maximum absolute atomic E-state index is 15.0. The summed E-state index contributed by atoms with van der Waals surface area (Å²) in [7, 11) is 6.09. The van der Waals surface area contributed by atoms with Gasteiger partial charge in [0, 0.05) is 58.9 Å². The average Bonchev–Trinajstić information content (AvgIpc) is 1.64. The molecule has 15 atom stereocenters. The fraction of sp³-hybridized carbons (Fsp3) is 0.652. The van der Waals surface area contributed by atoms with Gasteiger partial charge in [0.05, 0.1) is 60.7 Å². The highest BCUT2D eigenvalue weighted by Crippen LogP contribution is 2.49. The van der Waals surface area contributed by atoms with E-state index in [2.05, 4.69) is 37.6 Å². The SMILES string of the molecule is CC[C@H](C)[C@@H]([C@@H](CC(=O)N1CCC[C@H]1[C@H](OC)[C@@H](C)C(=O)N[C@H](C)[C@@H](O)c1ccccc1)OC)N(C)C(=O)[C@@H](NC(=O)[C@H](C(C)C)N(C)C(=O)OCc1ccc(NC(=O)[C@H](CCCN2CCCCC2)NC(=O)[C@@H](N[C@@H](CCCCCN2C(=O)CC(C(CC)(CC=C(C)C)C3=C/C=C\C=C/C=C\3)C2=O)C(F)(F)F)C(C)C)cc1)C(C)C. The van der Waals surface area contributed by atoms with Gasteiger partial charge in [0.1, 0.15) is 30.8 Å². The molecule has 6 N–H and O–H groups in total. The van der Waals surface area contributed by atoms with Crippen LogP contribution in [0.3, 0.4) is 0 Å². The van der Waals surface area contributed by atoms with Crippen LogP contribution in [0.2, 0.25) is 0 Å². The lowest BCUT2D eigenvalue weighted by Crippen LogP contribution is -2.60. The molecule has 0 aromatic heterocycles. The zero-order valence-electron chi connectivity index (χ0n) is 71.4. The summed E-state index contributed by atoms with van der Waals surface area (Å²) in [6.45, 7) is 26.5. The van der Waals surface area contributed by atoms with E-state index in [0.717, 1.165) is 43.5 Å². The van der Waals surface area contributed by atoms with E-state index in [4.69, 9.17) is 14.2 Å². The fourth-order valence-corrected chi connectivity index (χ4v) is 16.7. The molecule has 2 aromatic carbocycles. The third-order valence-corrected chi connectivity index (χ3v) is 23.8. The molecule has 640 valence electrons. The number of hydrogen-bond acceptors (Lipinski definition) is 15. The van der Waals surface area contributed by atoms with Gasteiger partial charge < -0.3 is 55.3 Å². The second-order valence-corrected chi connectivity index (χ2v) is 33.3. The van der Waals surface area contributed by atoms with E-state index in [1.807, 2.05) is 95.3 Å². The van der Waals surface area contributed by atoms with Crippen molar-refractivity contribution in [1.29, 1.82) is 0 Å². The number of rotatable bonds is 44. The zero-order chi connectivity index (χ0) is 85.0. The molecule has 2 unspecified atom stereocenters. The minimum Gasteiger partial charge on any atom is -0.445 e. The van der Waals surface area contributed by atoms with Crippen LogP contribution in [-0.2, 0) is 59.2 Å². The van der Waals surface area contributed by atoms with Crippen molar-refractivity contribution in [1.82, 2.24) is 45.8 Å². The lowest BCUT2D eigenvalue weighted by molar-refractivity contribution is -0.161. The lowest BCUT2D eigenvalue weighted by atomic mass is 9.64. The molecule has 23 nitrogen and oxygen atoms in total. The number of nitrogens with zero attached hydrogens (tertiary/aromatic N) is 5. The summed E-state index contributed by atoms with van der Waals surface area (Å²) in [6.07, 6.45) is 14.8. The molecule has 6 rings (SSSR count). The van der Waals surface area contributed by atoms with Gasteiger partial charge in [-0.1, -0.05) is 192 Å². The number of carbonyl (C=O) groups excluding carboxylic acids is 9. The lowest BCUT2D eigenvalue weighted by Gasteiger charge is -2.41. The van der Waals surface area contributed by atoms with Crippen molar-refractivity contribution in [2.75, 3.05) is 66.4 Å². The fourth-order valence-electron chi connectivity index (χ4n) is 16.7. The van der Waals surface area contributed by atoms with Crippen molar-refractivity contribution in [3.05, 3.63) is 125 Å². The van der Waals surface area contributed by atoms with E-state index in [1.165, 1.54) is 31.1 Å². The second kappa shape index (κ2) is 46.2. The number of unbranched alkanes of at least 4 members (excludes halogenated alkanes) is 2. The van der Waals surface area contributed by atoms with E-state index in [1.54, 1.807) is 109 Å². The number of amides is 9. The Morgan fingerprint density at radius 2 is 1.36 bits per heavy atom. The predicted octanol–water partition coefficient (Wildman–Crippen LogP) is 13.1. The molecule has 0 spiro atoms. The summed E-state index contributed by atoms with van der Waals surface area (Å²) in [4.78, 5) is 136. The van der Waals surface area contributed by atoms with Crippen LogP contribution in [0.15, 0.2) is 114 Å². The van der Waals surface area contributed by atoms with E-state index < -0.39 is 138 Å². The Morgan fingerprint density at radius 3 is 1.97 bits per heavy atom. The number of likely N-dealkylation sites (N-methyl/N-ethyl adjacent to an activating group) is 2. The number of hydrogen-bond donors (Lipinski definition) is 6. The van der Waals surface area contributed by atoms with Gasteiger partial charge in [-0.05, 0) is 157 Å². The molecular formula is C89H135F3N10O13. The van der Waals surface area contributed by atoms with E-state index in [9.17, 15) is 48.3 Å². The Balaban J connectivity index is 1.05. The number of methoxy groups -OCH3 is 2. The predicted molar refractivity (Wildman–Crippen MR) is 442 cm³/mol. The number of allylic oxidation sites excluding steroid dienone is 10. The molecule has 1 aliphatic carbocycles. The molecular weight excluding hydrogens is 1470 g/mol. The van der Waals surface area contributed by atoms with E-state index in [0.29, 0.717) is 74.8 Å². The summed E-state index contributed by atoms with van der Waals surface area (Å²) in [5.74, 6) is -6.56. The number of ether oxygens (including phenoxy) is 3. The molecule has 3 fully saturated rings. The molecule has 0 bridgehead atoms. The summed E-state index contributed by atoms with van der Waals surface area (Å²) in [5, 5.41) is 25.2. The molecule has 3 saturated heterocycles. The number of likely N-dealkylation sites (tertiary alicyclic amines) is 3. The Morgan fingerprint density at radius 1 is 0.696 bits per heavy atom. The highest BCUT2D eigenvalue weighted by molar-refractivity contribution is 6.04. The van der Waals surface area contributed by atoms with Crippen LogP contribution in [0.5, 0.6) is 0 Å². The number of nitrogens with one attached hydrogen (secondary N) is 5. The van der Waals surface area contributed by atoms with Gasteiger partial charge in [-0.2, -0.15) is 13.2 Å². The van der Waals surface area contributed by atoms with Gasteiger partial charge in [0.15, 0.2) is 0 Å². The van der Waals surface area contributed by atoms with E-state index in [-0.39, 0.29) is 81.2 Å². The Kier molecular flexibility index (Phi) is 38.5. The topological polar surface area (TPSA) is 278 Å². The Labute approximate surface area is 682 Å². The van der Waals surface area contributed by atoms with Crippen molar-refractivity contribution in [2.45, 2.75) is 272 Å². The first-order valence-corrected chi connectivity index (χ1v) is 41.9. The third kappa shape index (κ3) is 27.0. The summed E-state index contributed by atoms with van der Waals surface area (Å²) < 4.78 is 63.0. The van der Waals surface area contributed by atoms with Crippen LogP contribution in [0.25, 0.3) is 0 Å². The summed E-state index contributed by atoms with van der Waals surface area (Å²) in [6, 6.07) is 7.05. The van der Waals surface area contributed by atoms with Crippen LogP contribution in [0.4, 0.5) is 23.7 Å². The third-order valence-electron chi connectivity index (χ3n) is 23.8. The first-order valence-electron chi connectivity index (χ1n) is 41.9. The van der Waals surface area contributed by atoms with Crippen molar-refractivity contribution in [3.63, 3.8) is 0 Å². The Hall–Kier alpha value is -8.04. The van der Waals surface area contributed by atoms with Gasteiger partial charge >= 0.3 is 12.3 Å². The summed E-state index contributed by atoms with van der Waals surface area (Å²) in [5.41, 5.74) is 2.88. The number of benzene rings is 2. The number of imide groups is 1. The van der Waals surface area contributed by atoms with Gasteiger partial charge in [0.2, 0.25) is 47.3 Å². The minimum atomic E-state index is -4.75. The molecule has 3 aliphatic heterocycles. The van der Waals surface area contributed by atoms with Crippen LogP contribution < -0.4 is 26.6 Å². The van der Waals surface area contributed by atoms with Crippen LogP contribution >= 0.6 is 0 Å². The smallest absolute Gasteiger partial charge is 0.410 e. The van der Waals surface area contributed by atoms with Crippen LogP contribution in [0.1, 0.15) is 210 Å². The Bertz CT molecular complexity index is 3650. The molecule has 115 heavy (non-hydrogen) atoms. The van der Waals surface area contributed by atoms with Crippen molar-refractivity contribution in [3.8, 4) is 0 Å². The second-order valence-electron chi connectivity index (χ2n) is 33.3. The normalized spacial score (nSPS) is 21.1. The first-order chi connectivity index (χ1) is 54.5. The molecule has 2 aromatic rings. The number of alkyl halides is 3. The zero-order valence-corrected chi connectivity index (χ0v) is 71.4. The highest BCUT2D eigenvalue weighted by Gasteiger charge is 2.52. The van der Waals surface area contributed by atoms with Crippen molar-refractivity contribution >= 4 is 59.0 Å². The first kappa shape index (κ1) is 95.8. The molecule has 4 aliphatic rings. The molecule has 3 heterocycles. The summed E-state index contributed by atoms with van der Waals surface area (Å²) >= 11 is 0. The van der Waals surface area contributed by atoms with Crippen LogP contribution in [-0.4, -0.2) is 211 Å². The monoisotopic (exact) mass is 1610 g/mol. The average molecular weight is 1610 g/mol. The highest BCUT2D eigenvalue weighted by atomic mass is 19.4. The maximum Gasteiger partial charge on any atom is 0.410 e. The van der Waals surface area contributed by atoms with Gasteiger partial charge in [0.25, 0.3) is 0 Å².